The number of rotatable bonds is 4. The molecular formula is C30H20O2. The molecule has 4 aromatic carbocycles. The molecule has 0 N–H and O–H groups in total. The zero-order valence-electron chi connectivity index (χ0n) is 17.4. The van der Waals surface area contributed by atoms with E-state index in [2.05, 4.69) is 36.4 Å². The monoisotopic (exact) mass is 412 g/mol. The van der Waals surface area contributed by atoms with Crippen molar-refractivity contribution >= 4 is 28.3 Å². The summed E-state index contributed by atoms with van der Waals surface area (Å²) < 4.78 is 6.34. The van der Waals surface area contributed by atoms with Gasteiger partial charge in [0.25, 0.3) is 0 Å². The first-order valence-electron chi connectivity index (χ1n) is 10.8. The first-order valence-corrected chi connectivity index (χ1v) is 10.8. The van der Waals surface area contributed by atoms with Crippen LogP contribution in [-0.2, 0) is 9.53 Å². The number of hydrogen-bond acceptors (Lipinski definition) is 2. The van der Waals surface area contributed by atoms with Gasteiger partial charge in [-0.25, -0.2) is 4.79 Å². The van der Waals surface area contributed by atoms with Gasteiger partial charge in [-0.2, -0.15) is 0 Å². The molecule has 2 aliphatic rings. The van der Waals surface area contributed by atoms with Gasteiger partial charge in [0.05, 0.1) is 5.57 Å². The highest BCUT2D eigenvalue weighted by atomic mass is 16.6. The number of carbonyl (C=O) groups excluding carboxylic acids is 1. The van der Waals surface area contributed by atoms with Crippen molar-refractivity contribution in [2.75, 3.05) is 0 Å². The minimum absolute atomic E-state index is 0.283. The van der Waals surface area contributed by atoms with Crippen LogP contribution < -0.4 is 0 Å². The summed E-state index contributed by atoms with van der Waals surface area (Å²) in [6.45, 7) is 0. The lowest BCUT2D eigenvalue weighted by molar-refractivity contribution is -0.137. The molecule has 0 atom stereocenters. The summed E-state index contributed by atoms with van der Waals surface area (Å²) in [6, 6.07) is 40.4. The second-order valence-electron chi connectivity index (χ2n) is 8.03. The average Bonchev–Trinajstić information content (AvgIpc) is 3.41. The fourth-order valence-corrected chi connectivity index (χ4v) is 4.86. The minimum atomic E-state index is -0.883. The van der Waals surface area contributed by atoms with E-state index in [1.54, 1.807) is 0 Å². The van der Waals surface area contributed by atoms with Crippen LogP contribution >= 0.6 is 0 Å². The Labute approximate surface area is 187 Å². The molecule has 1 heterocycles. The molecule has 0 fully saturated rings. The van der Waals surface area contributed by atoms with Crippen LogP contribution in [-0.4, -0.2) is 11.6 Å². The van der Waals surface area contributed by atoms with E-state index in [4.69, 9.17) is 4.74 Å². The minimum Gasteiger partial charge on any atom is -0.440 e. The van der Waals surface area contributed by atoms with Crippen molar-refractivity contribution in [1.29, 1.82) is 0 Å². The third-order valence-electron chi connectivity index (χ3n) is 6.19. The van der Waals surface area contributed by atoms with Crippen molar-refractivity contribution in [2.45, 2.75) is 5.60 Å². The van der Waals surface area contributed by atoms with E-state index >= 15 is 0 Å². The van der Waals surface area contributed by atoms with Crippen molar-refractivity contribution < 1.29 is 9.53 Å². The second-order valence-corrected chi connectivity index (χ2v) is 8.03. The van der Waals surface area contributed by atoms with Crippen molar-refractivity contribution in [1.82, 2.24) is 0 Å². The lowest BCUT2D eigenvalue weighted by Crippen LogP contribution is -2.19. The van der Waals surface area contributed by atoms with Crippen LogP contribution in [0.3, 0.4) is 0 Å². The van der Waals surface area contributed by atoms with E-state index in [0.29, 0.717) is 5.57 Å². The van der Waals surface area contributed by atoms with Gasteiger partial charge in [-0.3, -0.25) is 0 Å². The zero-order valence-corrected chi connectivity index (χ0v) is 17.4. The van der Waals surface area contributed by atoms with Crippen LogP contribution in [0.2, 0.25) is 0 Å². The molecule has 32 heavy (non-hydrogen) atoms. The molecule has 0 radical (unpaired) electrons. The quantitative estimate of drug-likeness (QED) is 0.357. The van der Waals surface area contributed by atoms with E-state index in [1.807, 2.05) is 84.9 Å². The van der Waals surface area contributed by atoms with Gasteiger partial charge in [0.2, 0.25) is 0 Å². The van der Waals surface area contributed by atoms with Gasteiger partial charge in [0, 0.05) is 16.7 Å². The second kappa shape index (κ2) is 7.21. The van der Waals surface area contributed by atoms with Gasteiger partial charge >= 0.3 is 5.97 Å². The van der Waals surface area contributed by atoms with Crippen LogP contribution in [0.5, 0.6) is 0 Å². The Morgan fingerprint density at radius 3 is 1.19 bits per heavy atom. The Hall–Kier alpha value is -4.17. The molecular weight excluding hydrogens is 392 g/mol. The number of carbonyl (C=O) groups is 1. The summed E-state index contributed by atoms with van der Waals surface area (Å²) in [5.74, 6) is -0.283. The molecule has 4 aromatic rings. The lowest BCUT2D eigenvalue weighted by Gasteiger charge is -2.19. The van der Waals surface area contributed by atoms with Crippen LogP contribution in [0, 0.1) is 0 Å². The molecule has 0 bridgehead atoms. The first kappa shape index (κ1) is 18.6. The van der Waals surface area contributed by atoms with E-state index < -0.39 is 5.60 Å². The Morgan fingerprint density at radius 2 is 0.781 bits per heavy atom. The van der Waals surface area contributed by atoms with Gasteiger partial charge < -0.3 is 4.74 Å². The predicted molar refractivity (Wildman–Crippen MR) is 128 cm³/mol. The Bertz CT molecular complexity index is 1320. The number of benzene rings is 4. The van der Waals surface area contributed by atoms with E-state index in [-0.39, 0.29) is 5.97 Å². The molecule has 0 saturated carbocycles. The topological polar surface area (TPSA) is 26.3 Å². The third kappa shape index (κ3) is 2.70. The summed E-state index contributed by atoms with van der Waals surface area (Å²) >= 11 is 0. The van der Waals surface area contributed by atoms with E-state index in [9.17, 15) is 4.79 Å². The Balaban J connectivity index is 1.65. The van der Waals surface area contributed by atoms with Gasteiger partial charge in [0.1, 0.15) is 0 Å². The normalized spacial score (nSPS) is 16.4. The van der Waals surface area contributed by atoms with E-state index in [1.165, 1.54) is 0 Å². The highest BCUT2D eigenvalue weighted by Gasteiger charge is 2.65. The SMILES string of the molecule is O=C1OC2(C(c3ccccc3)=C1c1ccccc1)C(c1ccccc1)=C2c1ccccc1. The van der Waals surface area contributed by atoms with Crippen LogP contribution in [0.4, 0.5) is 0 Å². The summed E-state index contributed by atoms with van der Waals surface area (Å²) in [7, 11) is 0. The fourth-order valence-electron chi connectivity index (χ4n) is 4.86. The molecule has 2 heteroatoms. The standard InChI is InChI=1S/C30H20O2/c31-29-25(21-13-5-1-6-14-21)26(22-15-7-2-8-16-22)30(32-29)27(23-17-9-3-10-18-23)28(30)24-19-11-4-12-20-24/h1-20H. The van der Waals surface area contributed by atoms with Gasteiger partial charge in [0.15, 0.2) is 5.60 Å². The summed E-state index contributed by atoms with van der Waals surface area (Å²) in [4.78, 5) is 13.5. The first-order chi connectivity index (χ1) is 15.8. The number of esters is 1. The summed E-state index contributed by atoms with van der Waals surface area (Å²) in [6.07, 6.45) is 0. The maximum Gasteiger partial charge on any atom is 0.340 e. The molecule has 0 amide bonds. The molecule has 1 spiro atoms. The maximum absolute atomic E-state index is 13.5. The molecule has 2 nitrogen and oxygen atoms in total. The lowest BCUT2D eigenvalue weighted by atomic mass is 9.87. The molecule has 1 aliphatic heterocycles. The maximum atomic E-state index is 13.5. The van der Waals surface area contributed by atoms with Gasteiger partial charge in [-0.05, 0) is 22.3 Å². The third-order valence-corrected chi connectivity index (χ3v) is 6.19. The average molecular weight is 412 g/mol. The molecule has 1 aliphatic carbocycles. The van der Waals surface area contributed by atoms with Crippen LogP contribution in [0.15, 0.2) is 121 Å². The van der Waals surface area contributed by atoms with Crippen molar-refractivity contribution in [2.24, 2.45) is 0 Å². The highest BCUT2D eigenvalue weighted by Crippen LogP contribution is 2.68. The molecule has 0 saturated heterocycles. The Kier molecular flexibility index (Phi) is 4.19. The summed E-state index contributed by atoms with van der Waals surface area (Å²) in [5.41, 5.74) is 6.81. The number of ether oxygens (including phenoxy) is 1. The molecule has 0 aromatic heterocycles. The number of hydrogen-bond donors (Lipinski definition) is 0. The Morgan fingerprint density at radius 1 is 0.438 bits per heavy atom. The van der Waals surface area contributed by atoms with Crippen LogP contribution in [0.1, 0.15) is 22.3 Å². The molecule has 0 unspecified atom stereocenters. The van der Waals surface area contributed by atoms with Crippen molar-refractivity contribution in [3.63, 3.8) is 0 Å². The molecule has 6 rings (SSSR count). The molecule has 152 valence electrons. The fraction of sp³-hybridized carbons (Fsp3) is 0.0333. The highest BCUT2D eigenvalue weighted by molar-refractivity contribution is 6.40. The van der Waals surface area contributed by atoms with Gasteiger partial charge in [-0.15, -0.1) is 0 Å². The predicted octanol–water partition coefficient (Wildman–Crippen LogP) is 6.52. The zero-order chi connectivity index (χ0) is 21.5. The van der Waals surface area contributed by atoms with E-state index in [0.717, 1.165) is 39.0 Å². The van der Waals surface area contributed by atoms with Gasteiger partial charge in [-0.1, -0.05) is 121 Å². The van der Waals surface area contributed by atoms with Crippen LogP contribution in [0.25, 0.3) is 22.3 Å². The summed E-state index contributed by atoms with van der Waals surface area (Å²) in [5, 5.41) is 0. The smallest absolute Gasteiger partial charge is 0.340 e. The van der Waals surface area contributed by atoms with Crippen molar-refractivity contribution in [3.05, 3.63) is 144 Å². The largest absolute Gasteiger partial charge is 0.440 e. The van der Waals surface area contributed by atoms with Crippen molar-refractivity contribution in [3.8, 4) is 0 Å².